The minimum absolute atomic E-state index is 0.652. The third-order valence-corrected chi connectivity index (χ3v) is 4.09. The van der Waals surface area contributed by atoms with Gasteiger partial charge in [0, 0.05) is 29.0 Å². The number of imidazole rings is 1. The highest BCUT2D eigenvalue weighted by atomic mass is 32.1. The van der Waals surface area contributed by atoms with Gasteiger partial charge in [-0.1, -0.05) is 36.4 Å². The van der Waals surface area contributed by atoms with Gasteiger partial charge in [0.1, 0.15) is 5.69 Å². The van der Waals surface area contributed by atoms with Crippen LogP contribution in [0.5, 0.6) is 0 Å². The van der Waals surface area contributed by atoms with Gasteiger partial charge in [-0.05, 0) is 17.5 Å². The van der Waals surface area contributed by atoms with Crippen molar-refractivity contribution >= 4 is 29.1 Å². The lowest BCUT2D eigenvalue weighted by Crippen LogP contribution is -1.85. The van der Waals surface area contributed by atoms with Gasteiger partial charge >= 0.3 is 0 Å². The second-order valence-electron chi connectivity index (χ2n) is 4.71. The summed E-state index contributed by atoms with van der Waals surface area (Å²) in [7, 11) is 0. The summed E-state index contributed by atoms with van der Waals surface area (Å²) in [6.45, 7) is 0. The number of hydrogen-bond donors (Lipinski definition) is 0. The molecule has 1 aromatic carbocycles. The Balaban J connectivity index is 1.90. The fraction of sp³-hybridized carbons (Fsp3) is 0. The maximum Gasteiger partial charge on any atom is 0.236 e. The van der Waals surface area contributed by atoms with Crippen LogP contribution in [0, 0.1) is 0 Å². The van der Waals surface area contributed by atoms with E-state index in [0.29, 0.717) is 5.78 Å². The molecule has 0 bridgehead atoms. The fourth-order valence-electron chi connectivity index (χ4n) is 2.28. The van der Waals surface area contributed by atoms with E-state index in [1.165, 1.54) is 0 Å². The zero-order chi connectivity index (χ0) is 14.8. The van der Waals surface area contributed by atoms with E-state index >= 15 is 0 Å². The molecule has 5 heteroatoms. The van der Waals surface area contributed by atoms with Gasteiger partial charge in [0.05, 0.1) is 0 Å². The molecule has 0 aliphatic rings. The number of rotatable bonds is 3. The summed E-state index contributed by atoms with van der Waals surface area (Å²) in [6, 6.07) is 16.0. The lowest BCUT2D eigenvalue weighted by atomic mass is 10.1. The first-order valence-corrected chi connectivity index (χ1v) is 7.76. The number of aliphatic imine (C=N–C) groups is 1. The Morgan fingerprint density at radius 1 is 1.05 bits per heavy atom. The Labute approximate surface area is 131 Å². The minimum Gasteiger partial charge on any atom is -0.268 e. The minimum atomic E-state index is 0.652. The van der Waals surface area contributed by atoms with Crippen molar-refractivity contribution < 1.29 is 0 Å². The third-order valence-electron chi connectivity index (χ3n) is 3.28. The molecule has 4 rings (SSSR count). The number of aromatic nitrogens is 3. The Morgan fingerprint density at radius 2 is 1.95 bits per heavy atom. The van der Waals surface area contributed by atoms with Gasteiger partial charge in [0.2, 0.25) is 5.78 Å². The van der Waals surface area contributed by atoms with E-state index in [1.807, 2.05) is 70.7 Å². The van der Waals surface area contributed by atoms with Crippen LogP contribution < -0.4 is 0 Å². The molecule has 106 valence electrons. The SMILES string of the molecule is C(=Nc1c(-c2ccccc2)nc2ncccn12)c1cccs1. The van der Waals surface area contributed by atoms with Crippen LogP contribution in [-0.4, -0.2) is 20.6 Å². The molecular formula is C17H12N4S. The van der Waals surface area contributed by atoms with E-state index in [1.54, 1.807) is 17.5 Å². The van der Waals surface area contributed by atoms with Crippen LogP contribution in [0.1, 0.15) is 4.88 Å². The van der Waals surface area contributed by atoms with Crippen LogP contribution in [0.3, 0.4) is 0 Å². The molecule has 4 nitrogen and oxygen atoms in total. The molecule has 0 N–H and O–H groups in total. The first-order chi connectivity index (χ1) is 10.9. The zero-order valence-electron chi connectivity index (χ0n) is 11.6. The smallest absolute Gasteiger partial charge is 0.236 e. The first-order valence-electron chi connectivity index (χ1n) is 6.88. The van der Waals surface area contributed by atoms with Crippen molar-refractivity contribution in [2.45, 2.75) is 0 Å². The molecule has 0 saturated carbocycles. The standard InChI is InChI=1S/C17H12N4S/c1-2-6-13(7-3-1)15-16(19-12-14-8-4-11-22-14)21-10-5-9-18-17(21)20-15/h1-12H. The van der Waals surface area contributed by atoms with Crippen molar-refractivity contribution in [3.05, 3.63) is 71.2 Å². The van der Waals surface area contributed by atoms with E-state index in [-0.39, 0.29) is 0 Å². The van der Waals surface area contributed by atoms with Crippen molar-refractivity contribution in [3.8, 4) is 11.3 Å². The molecule has 0 atom stereocenters. The summed E-state index contributed by atoms with van der Waals surface area (Å²) in [5.41, 5.74) is 1.87. The molecule has 0 spiro atoms. The van der Waals surface area contributed by atoms with Crippen LogP contribution in [0.4, 0.5) is 5.82 Å². The van der Waals surface area contributed by atoms with Gasteiger partial charge in [0.15, 0.2) is 5.82 Å². The van der Waals surface area contributed by atoms with Gasteiger partial charge in [-0.2, -0.15) is 0 Å². The normalized spacial score (nSPS) is 11.5. The number of thiophene rings is 1. The number of nitrogens with zero attached hydrogens (tertiary/aromatic N) is 4. The highest BCUT2D eigenvalue weighted by Crippen LogP contribution is 2.30. The monoisotopic (exact) mass is 304 g/mol. The summed E-state index contributed by atoms with van der Waals surface area (Å²) in [4.78, 5) is 14.7. The average molecular weight is 304 g/mol. The highest BCUT2D eigenvalue weighted by Gasteiger charge is 2.13. The van der Waals surface area contributed by atoms with E-state index < -0.39 is 0 Å². The van der Waals surface area contributed by atoms with E-state index in [9.17, 15) is 0 Å². The van der Waals surface area contributed by atoms with Crippen LogP contribution >= 0.6 is 11.3 Å². The quantitative estimate of drug-likeness (QED) is 0.532. The summed E-state index contributed by atoms with van der Waals surface area (Å²) < 4.78 is 1.91. The summed E-state index contributed by atoms with van der Waals surface area (Å²) >= 11 is 1.66. The van der Waals surface area contributed by atoms with Crippen molar-refractivity contribution in [1.29, 1.82) is 0 Å². The Kier molecular flexibility index (Phi) is 3.25. The molecule has 3 heterocycles. The molecule has 0 aliphatic carbocycles. The summed E-state index contributed by atoms with van der Waals surface area (Å²) in [5.74, 6) is 1.45. The summed E-state index contributed by atoms with van der Waals surface area (Å²) in [6.07, 6.45) is 5.54. The number of benzene rings is 1. The predicted octanol–water partition coefficient (Wildman–Crippen LogP) is 4.21. The molecule has 0 saturated heterocycles. The Hall–Kier alpha value is -2.79. The van der Waals surface area contributed by atoms with Crippen LogP contribution in [0.25, 0.3) is 17.0 Å². The molecule has 22 heavy (non-hydrogen) atoms. The lowest BCUT2D eigenvalue weighted by Gasteiger charge is -1.99. The van der Waals surface area contributed by atoms with Crippen LogP contribution in [-0.2, 0) is 0 Å². The summed E-state index contributed by atoms with van der Waals surface area (Å²) in [5, 5.41) is 2.04. The maximum atomic E-state index is 4.66. The second kappa shape index (κ2) is 5.54. The molecule has 0 radical (unpaired) electrons. The van der Waals surface area contributed by atoms with Crippen LogP contribution in [0.15, 0.2) is 71.3 Å². The van der Waals surface area contributed by atoms with Crippen molar-refractivity contribution in [2.75, 3.05) is 0 Å². The Bertz CT molecular complexity index is 924. The first kappa shape index (κ1) is 12.9. The van der Waals surface area contributed by atoms with Gasteiger partial charge in [-0.25, -0.2) is 15.0 Å². The maximum absolute atomic E-state index is 4.66. The van der Waals surface area contributed by atoms with E-state index in [4.69, 9.17) is 0 Å². The lowest BCUT2D eigenvalue weighted by molar-refractivity contribution is 1.10. The Morgan fingerprint density at radius 3 is 2.77 bits per heavy atom. The van der Waals surface area contributed by atoms with Crippen molar-refractivity contribution in [1.82, 2.24) is 14.4 Å². The largest absolute Gasteiger partial charge is 0.268 e. The topological polar surface area (TPSA) is 42.5 Å². The zero-order valence-corrected chi connectivity index (χ0v) is 12.4. The number of fused-ring (bicyclic) bond motifs is 1. The molecular weight excluding hydrogens is 292 g/mol. The molecule has 0 fully saturated rings. The second-order valence-corrected chi connectivity index (χ2v) is 5.69. The average Bonchev–Trinajstić information content (AvgIpc) is 3.21. The molecule has 0 aliphatic heterocycles. The third kappa shape index (κ3) is 2.31. The van der Waals surface area contributed by atoms with E-state index in [2.05, 4.69) is 15.0 Å². The van der Waals surface area contributed by atoms with Gasteiger partial charge in [0.25, 0.3) is 0 Å². The fourth-order valence-corrected chi connectivity index (χ4v) is 2.86. The molecule has 3 aromatic heterocycles. The van der Waals surface area contributed by atoms with E-state index in [0.717, 1.165) is 22.0 Å². The van der Waals surface area contributed by atoms with Crippen molar-refractivity contribution in [3.63, 3.8) is 0 Å². The van der Waals surface area contributed by atoms with Gasteiger partial charge in [-0.15, -0.1) is 11.3 Å². The van der Waals surface area contributed by atoms with Crippen molar-refractivity contribution in [2.24, 2.45) is 4.99 Å². The molecule has 4 aromatic rings. The molecule has 0 amide bonds. The van der Waals surface area contributed by atoms with Crippen LogP contribution in [0.2, 0.25) is 0 Å². The molecule has 0 unspecified atom stereocenters. The van der Waals surface area contributed by atoms with Gasteiger partial charge < -0.3 is 0 Å². The van der Waals surface area contributed by atoms with Gasteiger partial charge in [-0.3, -0.25) is 4.40 Å². The number of hydrogen-bond acceptors (Lipinski definition) is 4. The highest BCUT2D eigenvalue weighted by molar-refractivity contribution is 7.11. The predicted molar refractivity (Wildman–Crippen MR) is 90.0 cm³/mol.